The summed E-state index contributed by atoms with van der Waals surface area (Å²) in [4.78, 5) is 11.6. The van der Waals surface area contributed by atoms with Crippen molar-refractivity contribution in [2.75, 3.05) is 7.11 Å². The zero-order valence-electron chi connectivity index (χ0n) is 11.2. The Kier molecular flexibility index (Phi) is 3.03. The highest BCUT2D eigenvalue weighted by Gasteiger charge is 2.19. The van der Waals surface area contributed by atoms with Gasteiger partial charge in [-0.05, 0) is 34.9 Å². The number of hydrogen-bond acceptors (Lipinski definition) is 3. The summed E-state index contributed by atoms with van der Waals surface area (Å²) in [6.07, 6.45) is 0. The van der Waals surface area contributed by atoms with Crippen molar-refractivity contribution in [3.63, 3.8) is 0 Å². The van der Waals surface area contributed by atoms with Crippen molar-refractivity contribution in [3.05, 3.63) is 71.3 Å². The number of rotatable bonds is 1. The maximum Gasteiger partial charge on any atom is 0.337 e. The van der Waals surface area contributed by atoms with Gasteiger partial charge in [0.15, 0.2) is 0 Å². The summed E-state index contributed by atoms with van der Waals surface area (Å²) in [7, 11) is 1.37. The first-order chi connectivity index (χ1) is 9.70. The van der Waals surface area contributed by atoms with Crippen LogP contribution in [0.15, 0.2) is 49.0 Å². The summed E-state index contributed by atoms with van der Waals surface area (Å²) in [6, 6.07) is 13.2. The molecule has 2 aromatic carbocycles. The zero-order chi connectivity index (χ0) is 14.1. The SMILES string of the molecule is C=C1c2ccccc2COc2ccc(C(=O)OC)cc21. The second kappa shape index (κ2) is 4.85. The minimum atomic E-state index is -0.363. The first-order valence-corrected chi connectivity index (χ1v) is 6.33. The maximum absolute atomic E-state index is 11.6. The fourth-order valence-electron chi connectivity index (χ4n) is 2.38. The Morgan fingerprint density at radius 2 is 2.00 bits per heavy atom. The van der Waals surface area contributed by atoms with Crippen LogP contribution in [0.25, 0.3) is 5.57 Å². The van der Waals surface area contributed by atoms with E-state index in [1.54, 1.807) is 18.2 Å². The molecule has 1 aliphatic heterocycles. The fourth-order valence-corrected chi connectivity index (χ4v) is 2.38. The lowest BCUT2D eigenvalue weighted by Gasteiger charge is -2.10. The third-order valence-corrected chi connectivity index (χ3v) is 3.45. The molecular formula is C17H14O3. The topological polar surface area (TPSA) is 35.5 Å². The van der Waals surface area contributed by atoms with Crippen LogP contribution in [0.2, 0.25) is 0 Å². The monoisotopic (exact) mass is 266 g/mol. The molecule has 2 aromatic rings. The summed E-state index contributed by atoms with van der Waals surface area (Å²) < 4.78 is 10.6. The van der Waals surface area contributed by atoms with E-state index < -0.39 is 0 Å². The van der Waals surface area contributed by atoms with Gasteiger partial charge in [0.05, 0.1) is 12.7 Å². The smallest absolute Gasteiger partial charge is 0.337 e. The fraction of sp³-hybridized carbons (Fsp3) is 0.118. The van der Waals surface area contributed by atoms with Gasteiger partial charge in [0, 0.05) is 5.56 Å². The predicted octanol–water partition coefficient (Wildman–Crippen LogP) is 3.43. The Labute approximate surface area is 117 Å². The first-order valence-electron chi connectivity index (χ1n) is 6.33. The highest BCUT2D eigenvalue weighted by atomic mass is 16.5. The Hall–Kier alpha value is -2.55. The van der Waals surface area contributed by atoms with E-state index in [1.165, 1.54) is 7.11 Å². The molecule has 0 spiro atoms. The van der Waals surface area contributed by atoms with Crippen LogP contribution >= 0.6 is 0 Å². The molecule has 0 N–H and O–H groups in total. The van der Waals surface area contributed by atoms with E-state index in [4.69, 9.17) is 9.47 Å². The van der Waals surface area contributed by atoms with Gasteiger partial charge in [0.1, 0.15) is 12.4 Å². The Bertz CT molecular complexity index is 701. The zero-order valence-corrected chi connectivity index (χ0v) is 11.2. The van der Waals surface area contributed by atoms with Gasteiger partial charge in [-0.25, -0.2) is 4.79 Å². The van der Waals surface area contributed by atoms with Gasteiger partial charge >= 0.3 is 5.97 Å². The van der Waals surface area contributed by atoms with Gasteiger partial charge in [-0.1, -0.05) is 30.8 Å². The maximum atomic E-state index is 11.6. The molecule has 0 saturated heterocycles. The minimum Gasteiger partial charge on any atom is -0.488 e. The number of methoxy groups -OCH3 is 1. The highest BCUT2D eigenvalue weighted by Crippen LogP contribution is 2.36. The summed E-state index contributed by atoms with van der Waals surface area (Å²) in [5.74, 6) is 0.372. The molecule has 1 aliphatic rings. The molecule has 100 valence electrons. The Balaban J connectivity index is 2.13. The molecule has 0 aliphatic carbocycles. The van der Waals surface area contributed by atoms with E-state index in [1.807, 2.05) is 24.3 Å². The van der Waals surface area contributed by atoms with Crippen molar-refractivity contribution in [2.24, 2.45) is 0 Å². The van der Waals surface area contributed by atoms with Gasteiger partial charge in [-0.15, -0.1) is 0 Å². The van der Waals surface area contributed by atoms with E-state index in [0.29, 0.717) is 12.2 Å². The van der Waals surface area contributed by atoms with Crippen LogP contribution < -0.4 is 4.74 Å². The van der Waals surface area contributed by atoms with Crippen molar-refractivity contribution in [2.45, 2.75) is 6.61 Å². The summed E-state index contributed by atoms with van der Waals surface area (Å²) >= 11 is 0. The summed E-state index contributed by atoms with van der Waals surface area (Å²) in [5.41, 5.74) is 4.33. The molecule has 0 radical (unpaired) electrons. The number of hydrogen-bond donors (Lipinski definition) is 0. The molecular weight excluding hydrogens is 252 g/mol. The van der Waals surface area contributed by atoms with Crippen molar-refractivity contribution in [1.82, 2.24) is 0 Å². The van der Waals surface area contributed by atoms with Gasteiger partial charge < -0.3 is 9.47 Å². The van der Waals surface area contributed by atoms with Crippen molar-refractivity contribution in [3.8, 4) is 5.75 Å². The van der Waals surface area contributed by atoms with E-state index in [2.05, 4.69) is 6.58 Å². The van der Waals surface area contributed by atoms with Crippen LogP contribution in [0.4, 0.5) is 0 Å². The van der Waals surface area contributed by atoms with E-state index in [0.717, 1.165) is 28.0 Å². The van der Waals surface area contributed by atoms with Gasteiger partial charge in [0.2, 0.25) is 0 Å². The van der Waals surface area contributed by atoms with E-state index in [-0.39, 0.29) is 5.97 Å². The standard InChI is InChI=1S/C17H14O3/c1-11-14-6-4-3-5-13(14)10-20-16-8-7-12(9-15(11)16)17(18)19-2/h3-9H,1,10H2,2H3. The number of carbonyl (C=O) groups is 1. The lowest BCUT2D eigenvalue weighted by molar-refractivity contribution is 0.0600. The van der Waals surface area contributed by atoms with Crippen molar-refractivity contribution < 1.29 is 14.3 Å². The Morgan fingerprint density at radius 3 is 2.80 bits per heavy atom. The van der Waals surface area contributed by atoms with Crippen LogP contribution in [0.1, 0.15) is 27.0 Å². The van der Waals surface area contributed by atoms with Crippen LogP contribution in [0.5, 0.6) is 5.75 Å². The average Bonchev–Trinajstić information content (AvgIpc) is 2.64. The van der Waals surface area contributed by atoms with Crippen molar-refractivity contribution >= 4 is 11.5 Å². The van der Waals surface area contributed by atoms with Crippen LogP contribution in [0, 0.1) is 0 Å². The molecule has 0 aromatic heterocycles. The molecule has 3 rings (SSSR count). The van der Waals surface area contributed by atoms with E-state index in [9.17, 15) is 4.79 Å². The largest absolute Gasteiger partial charge is 0.488 e. The third-order valence-electron chi connectivity index (χ3n) is 3.45. The molecule has 0 saturated carbocycles. The van der Waals surface area contributed by atoms with Gasteiger partial charge in [-0.2, -0.15) is 0 Å². The van der Waals surface area contributed by atoms with Gasteiger partial charge in [-0.3, -0.25) is 0 Å². The number of carbonyl (C=O) groups excluding carboxylic acids is 1. The number of fused-ring (bicyclic) bond motifs is 2. The quantitative estimate of drug-likeness (QED) is 0.742. The lowest BCUT2D eigenvalue weighted by atomic mass is 9.95. The molecule has 20 heavy (non-hydrogen) atoms. The molecule has 0 atom stereocenters. The number of esters is 1. The van der Waals surface area contributed by atoms with Crippen LogP contribution in [-0.2, 0) is 11.3 Å². The molecule has 0 bridgehead atoms. The Morgan fingerprint density at radius 1 is 1.20 bits per heavy atom. The molecule has 3 nitrogen and oxygen atoms in total. The summed E-state index contributed by atoms with van der Waals surface area (Å²) in [6.45, 7) is 4.65. The molecule has 0 fully saturated rings. The minimum absolute atomic E-state index is 0.363. The summed E-state index contributed by atoms with van der Waals surface area (Å²) in [5, 5.41) is 0. The second-order valence-corrected chi connectivity index (χ2v) is 4.63. The number of benzene rings is 2. The molecule has 3 heteroatoms. The third kappa shape index (κ3) is 1.97. The molecule has 0 amide bonds. The normalized spacial score (nSPS) is 12.8. The first kappa shape index (κ1) is 12.5. The molecule has 1 heterocycles. The van der Waals surface area contributed by atoms with Gasteiger partial charge in [0.25, 0.3) is 0 Å². The average molecular weight is 266 g/mol. The molecule has 0 unspecified atom stereocenters. The second-order valence-electron chi connectivity index (χ2n) is 4.63. The van der Waals surface area contributed by atoms with Crippen LogP contribution in [-0.4, -0.2) is 13.1 Å². The number of ether oxygens (including phenoxy) is 2. The van der Waals surface area contributed by atoms with Crippen molar-refractivity contribution in [1.29, 1.82) is 0 Å². The highest BCUT2D eigenvalue weighted by molar-refractivity contribution is 5.93. The van der Waals surface area contributed by atoms with Crippen LogP contribution in [0.3, 0.4) is 0 Å². The van der Waals surface area contributed by atoms with E-state index >= 15 is 0 Å². The predicted molar refractivity (Wildman–Crippen MR) is 76.7 cm³/mol. The lowest BCUT2D eigenvalue weighted by Crippen LogP contribution is -2.02.